The van der Waals surface area contributed by atoms with E-state index in [-0.39, 0.29) is 0 Å². The van der Waals surface area contributed by atoms with Gasteiger partial charge in [0.2, 0.25) is 0 Å². The highest BCUT2D eigenvalue weighted by Crippen LogP contribution is 1.89. The molecule has 0 saturated carbocycles. The zero-order valence-corrected chi connectivity index (χ0v) is 7.39. The minimum atomic E-state index is 0.503. The number of ether oxygens (including phenoxy) is 1. The summed E-state index contributed by atoms with van der Waals surface area (Å²) in [5.41, 5.74) is 0. The highest BCUT2D eigenvalue weighted by molar-refractivity contribution is 4.84. The minimum Gasteiger partial charge on any atom is -0.385 e. The van der Waals surface area contributed by atoms with E-state index in [9.17, 15) is 0 Å². The van der Waals surface area contributed by atoms with Crippen LogP contribution in [0.5, 0.6) is 0 Å². The van der Waals surface area contributed by atoms with Crippen LogP contribution in [0.25, 0.3) is 0 Å². The van der Waals surface area contributed by atoms with Gasteiger partial charge in [-0.3, -0.25) is 0 Å². The van der Waals surface area contributed by atoms with Gasteiger partial charge in [0.25, 0.3) is 0 Å². The summed E-state index contributed by atoms with van der Waals surface area (Å²) in [6.07, 6.45) is 6.95. The van der Waals surface area contributed by atoms with Gasteiger partial charge in [-0.1, -0.05) is 0 Å². The first-order chi connectivity index (χ1) is 5.31. The Labute approximate surface area is 69.3 Å². The SMILES string of the molecule is C#CCCNC(C)CCOC. The predicted molar refractivity (Wildman–Crippen MR) is 47.4 cm³/mol. The second kappa shape index (κ2) is 7.59. The Hall–Kier alpha value is -0.520. The Balaban J connectivity index is 3.10. The molecule has 11 heavy (non-hydrogen) atoms. The molecule has 0 fully saturated rings. The third-order valence-corrected chi connectivity index (χ3v) is 1.52. The van der Waals surface area contributed by atoms with Gasteiger partial charge in [0.15, 0.2) is 0 Å². The second-order valence-electron chi connectivity index (χ2n) is 2.59. The zero-order chi connectivity index (χ0) is 8.53. The fourth-order valence-corrected chi connectivity index (χ4v) is 0.787. The lowest BCUT2D eigenvalue weighted by molar-refractivity contribution is 0.185. The summed E-state index contributed by atoms with van der Waals surface area (Å²) in [6, 6.07) is 0.503. The lowest BCUT2D eigenvalue weighted by Crippen LogP contribution is -2.27. The van der Waals surface area contributed by atoms with E-state index in [1.165, 1.54) is 0 Å². The molecule has 0 saturated heterocycles. The molecule has 0 amide bonds. The number of terminal acetylenes is 1. The van der Waals surface area contributed by atoms with Crippen molar-refractivity contribution in [2.75, 3.05) is 20.3 Å². The van der Waals surface area contributed by atoms with Crippen LogP contribution in [0.1, 0.15) is 19.8 Å². The lowest BCUT2D eigenvalue weighted by Gasteiger charge is -2.11. The van der Waals surface area contributed by atoms with Crippen LogP contribution in [0.2, 0.25) is 0 Å². The molecule has 0 aliphatic heterocycles. The molecule has 64 valence electrons. The first kappa shape index (κ1) is 10.5. The van der Waals surface area contributed by atoms with E-state index >= 15 is 0 Å². The topological polar surface area (TPSA) is 21.3 Å². The molecule has 1 atom stereocenters. The van der Waals surface area contributed by atoms with Gasteiger partial charge in [-0.15, -0.1) is 12.3 Å². The third-order valence-electron chi connectivity index (χ3n) is 1.52. The summed E-state index contributed by atoms with van der Waals surface area (Å²) in [7, 11) is 1.72. The van der Waals surface area contributed by atoms with Gasteiger partial charge in [0.1, 0.15) is 0 Å². The molecule has 0 aromatic rings. The zero-order valence-electron chi connectivity index (χ0n) is 7.39. The summed E-state index contributed by atoms with van der Waals surface area (Å²) >= 11 is 0. The first-order valence-corrected chi connectivity index (χ1v) is 3.97. The molecule has 1 unspecified atom stereocenters. The summed E-state index contributed by atoms with van der Waals surface area (Å²) in [6.45, 7) is 3.85. The number of rotatable bonds is 6. The summed E-state index contributed by atoms with van der Waals surface area (Å²) in [4.78, 5) is 0. The van der Waals surface area contributed by atoms with Crippen LogP contribution < -0.4 is 5.32 Å². The van der Waals surface area contributed by atoms with Crippen molar-refractivity contribution >= 4 is 0 Å². The summed E-state index contributed by atoms with van der Waals surface area (Å²) in [5, 5.41) is 3.30. The van der Waals surface area contributed by atoms with E-state index in [0.717, 1.165) is 26.0 Å². The predicted octanol–water partition coefficient (Wildman–Crippen LogP) is 1.02. The van der Waals surface area contributed by atoms with E-state index in [1.807, 2.05) is 0 Å². The molecular formula is C9H17NO. The number of hydrogen-bond acceptors (Lipinski definition) is 2. The van der Waals surface area contributed by atoms with Gasteiger partial charge in [-0.05, 0) is 13.3 Å². The second-order valence-corrected chi connectivity index (χ2v) is 2.59. The maximum absolute atomic E-state index is 5.10. The largest absolute Gasteiger partial charge is 0.385 e. The fraction of sp³-hybridized carbons (Fsp3) is 0.778. The molecule has 0 aromatic heterocycles. The van der Waals surface area contributed by atoms with E-state index in [1.54, 1.807) is 7.11 Å². The highest BCUT2D eigenvalue weighted by Gasteiger charge is 1.97. The molecule has 0 heterocycles. The molecule has 0 spiro atoms. The van der Waals surface area contributed by atoms with E-state index in [2.05, 4.69) is 18.2 Å². The van der Waals surface area contributed by atoms with Crippen LogP contribution in [0.15, 0.2) is 0 Å². The van der Waals surface area contributed by atoms with Gasteiger partial charge in [-0.2, -0.15) is 0 Å². The number of hydrogen-bond donors (Lipinski definition) is 1. The Kier molecular flexibility index (Phi) is 7.23. The van der Waals surface area contributed by atoms with Crippen LogP contribution in [-0.4, -0.2) is 26.3 Å². The molecule has 2 heteroatoms. The van der Waals surface area contributed by atoms with Crippen LogP contribution in [0.3, 0.4) is 0 Å². The van der Waals surface area contributed by atoms with Gasteiger partial charge in [0, 0.05) is 32.7 Å². The number of nitrogens with one attached hydrogen (secondary N) is 1. The molecule has 0 radical (unpaired) electrons. The van der Waals surface area contributed by atoms with Crippen molar-refractivity contribution in [1.29, 1.82) is 0 Å². The molecule has 0 aromatic carbocycles. The molecule has 0 aliphatic rings. The smallest absolute Gasteiger partial charge is 0.0476 e. The van der Waals surface area contributed by atoms with Crippen LogP contribution >= 0.6 is 0 Å². The fourth-order valence-electron chi connectivity index (χ4n) is 0.787. The minimum absolute atomic E-state index is 0.503. The van der Waals surface area contributed by atoms with Crippen molar-refractivity contribution in [1.82, 2.24) is 5.32 Å². The van der Waals surface area contributed by atoms with Crippen LogP contribution in [0.4, 0.5) is 0 Å². The lowest BCUT2D eigenvalue weighted by atomic mass is 10.2. The van der Waals surface area contributed by atoms with Gasteiger partial charge in [0.05, 0.1) is 0 Å². The van der Waals surface area contributed by atoms with Gasteiger partial charge < -0.3 is 10.1 Å². The number of methoxy groups -OCH3 is 1. The molecule has 2 nitrogen and oxygen atoms in total. The standard InChI is InChI=1S/C9H17NO/c1-4-5-7-10-9(2)6-8-11-3/h1,9-10H,5-8H2,2-3H3. The molecule has 0 aliphatic carbocycles. The van der Waals surface area contributed by atoms with Crippen molar-refractivity contribution < 1.29 is 4.74 Å². The van der Waals surface area contributed by atoms with Crippen molar-refractivity contribution in [2.45, 2.75) is 25.8 Å². The van der Waals surface area contributed by atoms with E-state index < -0.39 is 0 Å². The van der Waals surface area contributed by atoms with E-state index in [4.69, 9.17) is 11.2 Å². The Bertz CT molecular complexity index is 117. The van der Waals surface area contributed by atoms with Crippen molar-refractivity contribution in [3.8, 4) is 12.3 Å². The average molecular weight is 155 g/mol. The summed E-state index contributed by atoms with van der Waals surface area (Å²) in [5.74, 6) is 2.59. The highest BCUT2D eigenvalue weighted by atomic mass is 16.5. The van der Waals surface area contributed by atoms with E-state index in [0.29, 0.717) is 6.04 Å². The average Bonchev–Trinajstić information content (AvgIpc) is 2.01. The quantitative estimate of drug-likeness (QED) is 0.457. The Morgan fingerprint density at radius 1 is 1.64 bits per heavy atom. The molecule has 0 bridgehead atoms. The molecule has 1 N–H and O–H groups in total. The molecule has 0 rings (SSSR count). The van der Waals surface area contributed by atoms with Crippen LogP contribution in [0, 0.1) is 12.3 Å². The Morgan fingerprint density at radius 2 is 2.36 bits per heavy atom. The molecular weight excluding hydrogens is 138 g/mol. The normalized spacial score (nSPS) is 12.5. The van der Waals surface area contributed by atoms with Crippen molar-refractivity contribution in [3.05, 3.63) is 0 Å². The van der Waals surface area contributed by atoms with Gasteiger partial charge in [-0.25, -0.2) is 0 Å². The third kappa shape index (κ3) is 7.38. The summed E-state index contributed by atoms with van der Waals surface area (Å²) < 4.78 is 4.94. The van der Waals surface area contributed by atoms with Gasteiger partial charge >= 0.3 is 0 Å². The van der Waals surface area contributed by atoms with Crippen molar-refractivity contribution in [3.63, 3.8) is 0 Å². The monoisotopic (exact) mass is 155 g/mol. The maximum atomic E-state index is 5.10. The van der Waals surface area contributed by atoms with Crippen molar-refractivity contribution in [2.24, 2.45) is 0 Å². The first-order valence-electron chi connectivity index (χ1n) is 3.97. The van der Waals surface area contributed by atoms with Crippen LogP contribution in [-0.2, 0) is 4.74 Å². The Morgan fingerprint density at radius 3 is 2.91 bits per heavy atom. The maximum Gasteiger partial charge on any atom is 0.0476 e.